The van der Waals surface area contributed by atoms with Gasteiger partial charge in [-0.15, -0.1) is 5.10 Å². The Bertz CT molecular complexity index is 1080. The molecule has 2 heterocycles. The predicted molar refractivity (Wildman–Crippen MR) is 106 cm³/mol. The molecule has 3 aromatic rings. The van der Waals surface area contributed by atoms with Crippen molar-refractivity contribution in [2.45, 2.75) is 6.42 Å². The van der Waals surface area contributed by atoms with E-state index in [2.05, 4.69) is 20.1 Å². The number of anilines is 2. The molecule has 29 heavy (non-hydrogen) atoms. The summed E-state index contributed by atoms with van der Waals surface area (Å²) >= 11 is 6.00. The summed E-state index contributed by atoms with van der Waals surface area (Å²) in [6.45, 7) is -0.634. The van der Waals surface area contributed by atoms with Crippen LogP contribution in [-0.2, 0) is 11.0 Å². The first-order valence-electron chi connectivity index (χ1n) is 8.32. The number of rotatable bonds is 8. The molecule has 0 saturated carbocycles. The molecule has 0 aliphatic heterocycles. The number of carbonyl (C=O) groups excluding carboxylic acids is 1. The van der Waals surface area contributed by atoms with Crippen LogP contribution in [0.2, 0.25) is 5.02 Å². The topological polar surface area (TPSA) is 97.6 Å². The van der Waals surface area contributed by atoms with E-state index in [9.17, 15) is 17.8 Å². The minimum absolute atomic E-state index is 0.000881. The van der Waals surface area contributed by atoms with E-state index < -0.39 is 34.9 Å². The number of methoxy groups -OCH3 is 1. The summed E-state index contributed by atoms with van der Waals surface area (Å²) in [5.74, 6) is -1.46. The molecule has 1 aromatic carbocycles. The Morgan fingerprint density at radius 3 is 2.93 bits per heavy atom. The molecule has 0 aliphatic carbocycles. The van der Waals surface area contributed by atoms with Gasteiger partial charge in [-0.3, -0.25) is 9.18 Å². The molecule has 0 saturated heterocycles. The van der Waals surface area contributed by atoms with Gasteiger partial charge in [-0.25, -0.2) is 18.1 Å². The van der Waals surface area contributed by atoms with Crippen molar-refractivity contribution in [3.63, 3.8) is 0 Å². The lowest BCUT2D eigenvalue weighted by atomic mass is 10.1. The van der Waals surface area contributed by atoms with E-state index in [1.165, 1.54) is 36.2 Å². The molecular weight excluding hydrogens is 428 g/mol. The number of halogens is 3. The van der Waals surface area contributed by atoms with Crippen LogP contribution < -0.4 is 14.8 Å². The SMILES string of the molecule is COc1cc2ncc(NC(=O)c3c(Cl)ccc(NS(=O)CCCF)c3F)cn2n1. The molecule has 1 atom stereocenters. The van der Waals surface area contributed by atoms with Gasteiger partial charge in [-0.1, -0.05) is 11.6 Å². The predicted octanol–water partition coefficient (Wildman–Crippen LogP) is 3.22. The maximum Gasteiger partial charge on any atom is 0.260 e. The van der Waals surface area contributed by atoms with E-state index in [4.69, 9.17) is 16.3 Å². The van der Waals surface area contributed by atoms with Gasteiger partial charge in [0, 0.05) is 11.8 Å². The zero-order chi connectivity index (χ0) is 21.0. The maximum absolute atomic E-state index is 14.8. The molecular formula is C17H16ClF2N5O3S. The largest absolute Gasteiger partial charge is 0.480 e. The Kier molecular flexibility index (Phi) is 6.60. The van der Waals surface area contributed by atoms with Crippen molar-refractivity contribution in [2.24, 2.45) is 0 Å². The third kappa shape index (κ3) is 4.80. The minimum Gasteiger partial charge on any atom is -0.480 e. The average Bonchev–Trinajstić information content (AvgIpc) is 3.11. The highest BCUT2D eigenvalue weighted by Gasteiger charge is 2.21. The van der Waals surface area contributed by atoms with E-state index in [0.29, 0.717) is 11.5 Å². The van der Waals surface area contributed by atoms with Gasteiger partial charge >= 0.3 is 0 Å². The van der Waals surface area contributed by atoms with Crippen molar-refractivity contribution in [2.75, 3.05) is 29.6 Å². The van der Waals surface area contributed by atoms with Crippen LogP contribution in [0.15, 0.2) is 30.6 Å². The van der Waals surface area contributed by atoms with Gasteiger partial charge in [0.05, 0.1) is 48.1 Å². The van der Waals surface area contributed by atoms with Crippen LogP contribution in [0, 0.1) is 5.82 Å². The first kappa shape index (κ1) is 20.9. The Morgan fingerprint density at radius 1 is 1.41 bits per heavy atom. The van der Waals surface area contributed by atoms with E-state index in [0.717, 1.165) is 0 Å². The van der Waals surface area contributed by atoms with Crippen LogP contribution in [0.4, 0.5) is 20.2 Å². The summed E-state index contributed by atoms with van der Waals surface area (Å²) in [6.07, 6.45) is 2.91. The smallest absolute Gasteiger partial charge is 0.260 e. The van der Waals surface area contributed by atoms with Crippen molar-refractivity contribution in [3.05, 3.63) is 47.0 Å². The van der Waals surface area contributed by atoms with Crippen LogP contribution in [0.1, 0.15) is 16.8 Å². The van der Waals surface area contributed by atoms with Crippen molar-refractivity contribution in [3.8, 4) is 5.88 Å². The van der Waals surface area contributed by atoms with Gasteiger partial charge in [0.15, 0.2) is 11.5 Å². The summed E-state index contributed by atoms with van der Waals surface area (Å²) < 4.78 is 47.7. The second kappa shape index (κ2) is 9.14. The van der Waals surface area contributed by atoms with Gasteiger partial charge in [0.1, 0.15) is 11.0 Å². The molecule has 2 aromatic heterocycles. The monoisotopic (exact) mass is 443 g/mol. The molecule has 154 valence electrons. The number of amides is 1. The molecule has 12 heteroatoms. The Labute approximate surface area is 171 Å². The number of hydrogen-bond acceptors (Lipinski definition) is 5. The normalized spacial score (nSPS) is 12.0. The Balaban J connectivity index is 1.83. The molecule has 8 nitrogen and oxygen atoms in total. The summed E-state index contributed by atoms with van der Waals surface area (Å²) in [5, 5.41) is 6.45. The van der Waals surface area contributed by atoms with Crippen LogP contribution in [0.3, 0.4) is 0 Å². The van der Waals surface area contributed by atoms with Gasteiger partial charge in [0.25, 0.3) is 5.91 Å². The Morgan fingerprint density at radius 2 is 2.21 bits per heavy atom. The number of benzene rings is 1. The van der Waals surface area contributed by atoms with Crippen molar-refractivity contribution in [1.29, 1.82) is 0 Å². The van der Waals surface area contributed by atoms with Crippen molar-refractivity contribution < 1.29 is 22.5 Å². The average molecular weight is 444 g/mol. The fourth-order valence-electron chi connectivity index (χ4n) is 2.41. The summed E-state index contributed by atoms with van der Waals surface area (Å²) in [7, 11) is -0.241. The molecule has 0 spiro atoms. The number of aromatic nitrogens is 3. The van der Waals surface area contributed by atoms with Crippen LogP contribution >= 0.6 is 11.6 Å². The second-order valence-corrected chi connectivity index (χ2v) is 7.48. The molecule has 0 aliphatic rings. The zero-order valence-corrected chi connectivity index (χ0v) is 16.7. The van der Waals surface area contributed by atoms with E-state index in [-0.39, 0.29) is 28.6 Å². The van der Waals surface area contributed by atoms with Crippen LogP contribution in [-0.4, -0.2) is 44.3 Å². The summed E-state index contributed by atoms with van der Waals surface area (Å²) in [6, 6.07) is 4.15. The summed E-state index contributed by atoms with van der Waals surface area (Å²) in [4.78, 5) is 16.7. The first-order valence-corrected chi connectivity index (χ1v) is 10.0. The molecule has 1 amide bonds. The molecule has 0 radical (unpaired) electrons. The van der Waals surface area contributed by atoms with Gasteiger partial charge < -0.3 is 14.8 Å². The van der Waals surface area contributed by atoms with Gasteiger partial charge in [-0.05, 0) is 18.6 Å². The highest BCUT2D eigenvalue weighted by molar-refractivity contribution is 7.86. The molecule has 2 N–H and O–H groups in total. The van der Waals surface area contributed by atoms with E-state index in [1.54, 1.807) is 6.07 Å². The standard InChI is InChI=1S/C17H16ClF2N5O3S/c1-28-14-7-13-21-8-10(9-25(13)23-14)22-17(26)15-11(18)3-4-12(16(15)20)24-29(27)6-2-5-19/h3-4,7-9,24H,2,5-6H2,1H3,(H,22,26). The highest BCUT2D eigenvalue weighted by Crippen LogP contribution is 2.27. The number of ether oxygens (including phenoxy) is 1. The van der Waals surface area contributed by atoms with Gasteiger partial charge in [0.2, 0.25) is 5.88 Å². The van der Waals surface area contributed by atoms with E-state index >= 15 is 0 Å². The van der Waals surface area contributed by atoms with Crippen molar-refractivity contribution in [1.82, 2.24) is 14.6 Å². The lowest BCUT2D eigenvalue weighted by molar-refractivity contribution is 0.102. The molecule has 0 bridgehead atoms. The molecule has 1 unspecified atom stereocenters. The lowest BCUT2D eigenvalue weighted by Gasteiger charge is -2.12. The van der Waals surface area contributed by atoms with Crippen LogP contribution in [0.5, 0.6) is 5.88 Å². The zero-order valence-electron chi connectivity index (χ0n) is 15.1. The Hall–Kier alpha value is -2.79. The number of fused-ring (bicyclic) bond motifs is 1. The number of nitrogens with zero attached hydrogens (tertiary/aromatic N) is 3. The van der Waals surface area contributed by atoms with Crippen molar-refractivity contribution >= 4 is 45.5 Å². The van der Waals surface area contributed by atoms with Gasteiger partial charge in [-0.2, -0.15) is 0 Å². The molecule has 0 fully saturated rings. The minimum atomic E-state index is -1.70. The maximum atomic E-state index is 14.8. The quantitative estimate of drug-likeness (QED) is 0.557. The fraction of sp³-hybridized carbons (Fsp3) is 0.235. The number of hydrogen-bond donors (Lipinski definition) is 2. The van der Waals surface area contributed by atoms with Crippen LogP contribution in [0.25, 0.3) is 5.65 Å². The summed E-state index contributed by atoms with van der Waals surface area (Å²) in [5.41, 5.74) is 0.124. The fourth-order valence-corrected chi connectivity index (χ4v) is 3.52. The number of alkyl halides is 1. The third-order valence-electron chi connectivity index (χ3n) is 3.76. The third-order valence-corrected chi connectivity index (χ3v) is 5.19. The lowest BCUT2D eigenvalue weighted by Crippen LogP contribution is -2.17. The number of nitrogens with one attached hydrogen (secondary N) is 2. The first-order chi connectivity index (χ1) is 13.9. The molecule has 3 rings (SSSR count). The van der Waals surface area contributed by atoms with E-state index in [1.807, 2.05) is 0 Å². The number of carbonyl (C=O) groups is 1. The highest BCUT2D eigenvalue weighted by atomic mass is 35.5. The second-order valence-electron chi connectivity index (χ2n) is 5.76.